The molecule has 1 rings (SSSR count). The number of nitrogen functional groups attached to an aromatic ring is 1. The van der Waals surface area contributed by atoms with E-state index in [1.807, 2.05) is 31.2 Å². The maximum Gasteiger partial charge on any atom is 0.0736 e. The highest BCUT2D eigenvalue weighted by Gasteiger charge is 1.94. The molecule has 1 aromatic rings. The van der Waals surface area contributed by atoms with Crippen molar-refractivity contribution in [2.75, 3.05) is 12.3 Å². The highest BCUT2D eigenvalue weighted by Crippen LogP contribution is 2.10. The fraction of sp³-hybridized carbons (Fsp3) is 0.333. The number of benzene rings is 1. The van der Waals surface area contributed by atoms with Crippen molar-refractivity contribution in [1.82, 2.24) is 0 Å². The summed E-state index contributed by atoms with van der Waals surface area (Å²) in [5.41, 5.74) is 7.55. The average molecular weight is 151 g/mol. The van der Waals surface area contributed by atoms with Crippen molar-refractivity contribution in [3.8, 4) is 0 Å². The summed E-state index contributed by atoms with van der Waals surface area (Å²) in [7, 11) is 0. The highest BCUT2D eigenvalue weighted by atomic mass is 16.5. The molecule has 0 aliphatic carbocycles. The van der Waals surface area contributed by atoms with Crippen LogP contribution in [0.2, 0.25) is 0 Å². The summed E-state index contributed by atoms with van der Waals surface area (Å²) in [4.78, 5) is 0. The van der Waals surface area contributed by atoms with Crippen molar-refractivity contribution in [3.63, 3.8) is 0 Å². The summed E-state index contributed by atoms with van der Waals surface area (Å²) in [6.45, 7) is 3.32. The van der Waals surface area contributed by atoms with E-state index in [2.05, 4.69) is 0 Å². The number of nitrogens with two attached hydrogens (primary N) is 1. The van der Waals surface area contributed by atoms with Gasteiger partial charge in [0, 0.05) is 17.9 Å². The molecule has 1 aromatic carbocycles. The first-order chi connectivity index (χ1) is 5.34. The highest BCUT2D eigenvalue weighted by molar-refractivity contribution is 5.45. The van der Waals surface area contributed by atoms with Crippen LogP contribution in [0, 0.1) is 0 Å². The Morgan fingerprint density at radius 2 is 2.09 bits per heavy atom. The second-order valence-corrected chi connectivity index (χ2v) is 2.34. The normalized spacial score (nSPS) is 9.91. The molecule has 0 amide bonds. The van der Waals surface area contributed by atoms with Crippen LogP contribution in [0.4, 0.5) is 5.69 Å². The Labute approximate surface area is 67.0 Å². The molecule has 60 valence electrons. The Morgan fingerprint density at radius 1 is 1.36 bits per heavy atom. The van der Waals surface area contributed by atoms with Crippen molar-refractivity contribution in [1.29, 1.82) is 0 Å². The Kier molecular flexibility index (Phi) is 2.93. The zero-order valence-electron chi connectivity index (χ0n) is 6.71. The van der Waals surface area contributed by atoms with Gasteiger partial charge >= 0.3 is 0 Å². The van der Waals surface area contributed by atoms with Crippen LogP contribution in [-0.2, 0) is 11.3 Å². The van der Waals surface area contributed by atoms with Crippen LogP contribution in [0.5, 0.6) is 0 Å². The second-order valence-electron chi connectivity index (χ2n) is 2.34. The minimum atomic E-state index is 0.614. The molecule has 0 atom stereocenters. The third-order valence-corrected chi connectivity index (χ3v) is 1.52. The largest absolute Gasteiger partial charge is 0.398 e. The third kappa shape index (κ3) is 2.24. The van der Waals surface area contributed by atoms with Crippen LogP contribution >= 0.6 is 0 Å². The molecule has 0 spiro atoms. The Balaban J connectivity index is 2.62. The van der Waals surface area contributed by atoms with Gasteiger partial charge in [-0.05, 0) is 13.0 Å². The van der Waals surface area contributed by atoms with Gasteiger partial charge in [0.25, 0.3) is 0 Å². The van der Waals surface area contributed by atoms with Gasteiger partial charge in [-0.25, -0.2) is 0 Å². The summed E-state index contributed by atoms with van der Waals surface area (Å²) >= 11 is 0. The van der Waals surface area contributed by atoms with Gasteiger partial charge in [-0.2, -0.15) is 0 Å². The molecule has 0 aliphatic heterocycles. The van der Waals surface area contributed by atoms with Gasteiger partial charge in [0.1, 0.15) is 0 Å². The van der Waals surface area contributed by atoms with Crippen molar-refractivity contribution in [3.05, 3.63) is 29.8 Å². The predicted octanol–water partition coefficient (Wildman–Crippen LogP) is 1.81. The first-order valence-corrected chi connectivity index (χ1v) is 3.75. The Morgan fingerprint density at radius 3 is 2.73 bits per heavy atom. The van der Waals surface area contributed by atoms with E-state index >= 15 is 0 Å². The molecule has 2 N–H and O–H groups in total. The summed E-state index contributed by atoms with van der Waals surface area (Å²) < 4.78 is 5.22. The summed E-state index contributed by atoms with van der Waals surface area (Å²) in [5.74, 6) is 0. The minimum Gasteiger partial charge on any atom is -0.398 e. The number of ether oxygens (including phenoxy) is 1. The SMILES string of the molecule is CCOCc1ccccc1N. The lowest BCUT2D eigenvalue weighted by atomic mass is 10.2. The number of hydrogen-bond donors (Lipinski definition) is 1. The number of hydrogen-bond acceptors (Lipinski definition) is 2. The molecule has 0 saturated carbocycles. The molecular weight excluding hydrogens is 138 g/mol. The van der Waals surface area contributed by atoms with Gasteiger partial charge in [-0.15, -0.1) is 0 Å². The first-order valence-electron chi connectivity index (χ1n) is 3.75. The summed E-state index contributed by atoms with van der Waals surface area (Å²) in [6, 6.07) is 7.74. The van der Waals surface area contributed by atoms with E-state index in [1.54, 1.807) is 0 Å². The first kappa shape index (κ1) is 8.08. The topological polar surface area (TPSA) is 35.2 Å². The second kappa shape index (κ2) is 3.98. The lowest BCUT2D eigenvalue weighted by molar-refractivity contribution is 0.134. The van der Waals surface area contributed by atoms with Crippen molar-refractivity contribution >= 4 is 5.69 Å². The monoisotopic (exact) mass is 151 g/mol. The van der Waals surface area contributed by atoms with Gasteiger partial charge < -0.3 is 10.5 Å². The minimum absolute atomic E-state index is 0.614. The quantitative estimate of drug-likeness (QED) is 0.668. The Bertz CT molecular complexity index is 223. The number of anilines is 1. The number of rotatable bonds is 3. The Hall–Kier alpha value is -1.02. The van der Waals surface area contributed by atoms with E-state index in [0.717, 1.165) is 17.9 Å². The molecule has 0 aliphatic rings. The van der Waals surface area contributed by atoms with Gasteiger partial charge in [-0.1, -0.05) is 18.2 Å². The van der Waals surface area contributed by atoms with E-state index < -0.39 is 0 Å². The molecule has 0 bridgehead atoms. The van der Waals surface area contributed by atoms with Crippen molar-refractivity contribution in [2.45, 2.75) is 13.5 Å². The molecule has 0 radical (unpaired) electrons. The van der Waals surface area contributed by atoms with Gasteiger partial charge in [0.05, 0.1) is 6.61 Å². The van der Waals surface area contributed by atoms with E-state index in [4.69, 9.17) is 10.5 Å². The molecular formula is C9H13NO. The van der Waals surface area contributed by atoms with Crippen LogP contribution in [-0.4, -0.2) is 6.61 Å². The fourth-order valence-corrected chi connectivity index (χ4v) is 0.878. The van der Waals surface area contributed by atoms with Crippen molar-refractivity contribution in [2.24, 2.45) is 0 Å². The zero-order valence-corrected chi connectivity index (χ0v) is 6.71. The van der Waals surface area contributed by atoms with Gasteiger partial charge in [0.2, 0.25) is 0 Å². The average Bonchev–Trinajstić information content (AvgIpc) is 2.03. The van der Waals surface area contributed by atoms with E-state index in [-0.39, 0.29) is 0 Å². The molecule has 11 heavy (non-hydrogen) atoms. The van der Waals surface area contributed by atoms with E-state index in [9.17, 15) is 0 Å². The molecule has 0 saturated heterocycles. The smallest absolute Gasteiger partial charge is 0.0736 e. The summed E-state index contributed by atoms with van der Waals surface area (Å²) in [5, 5.41) is 0. The van der Waals surface area contributed by atoms with Crippen LogP contribution in [0.25, 0.3) is 0 Å². The van der Waals surface area contributed by atoms with Crippen molar-refractivity contribution < 1.29 is 4.74 Å². The fourth-order valence-electron chi connectivity index (χ4n) is 0.878. The maximum atomic E-state index is 5.68. The molecule has 0 fully saturated rings. The van der Waals surface area contributed by atoms with Gasteiger partial charge in [-0.3, -0.25) is 0 Å². The molecule has 0 heterocycles. The van der Waals surface area contributed by atoms with Crippen LogP contribution in [0.3, 0.4) is 0 Å². The van der Waals surface area contributed by atoms with Crippen LogP contribution in [0.15, 0.2) is 24.3 Å². The molecule has 2 heteroatoms. The van der Waals surface area contributed by atoms with E-state index in [1.165, 1.54) is 0 Å². The standard InChI is InChI=1S/C9H13NO/c1-2-11-7-8-5-3-4-6-9(8)10/h3-6H,2,7,10H2,1H3. The lowest BCUT2D eigenvalue weighted by Crippen LogP contribution is -1.96. The maximum absolute atomic E-state index is 5.68. The molecule has 0 unspecified atom stereocenters. The predicted molar refractivity (Wildman–Crippen MR) is 46.2 cm³/mol. The molecule has 2 nitrogen and oxygen atoms in total. The van der Waals surface area contributed by atoms with Gasteiger partial charge in [0.15, 0.2) is 0 Å². The third-order valence-electron chi connectivity index (χ3n) is 1.52. The molecule has 0 aromatic heterocycles. The lowest BCUT2D eigenvalue weighted by Gasteiger charge is -2.03. The van der Waals surface area contributed by atoms with Crippen LogP contribution in [0.1, 0.15) is 12.5 Å². The summed E-state index contributed by atoms with van der Waals surface area (Å²) in [6.07, 6.45) is 0. The van der Waals surface area contributed by atoms with Crippen LogP contribution < -0.4 is 5.73 Å². The van der Waals surface area contributed by atoms with E-state index in [0.29, 0.717) is 6.61 Å². The zero-order chi connectivity index (χ0) is 8.10. The number of para-hydroxylation sites is 1.